The summed E-state index contributed by atoms with van der Waals surface area (Å²) in [5.74, 6) is -1.36. The van der Waals surface area contributed by atoms with E-state index in [9.17, 15) is 63.1 Å². The van der Waals surface area contributed by atoms with Crippen molar-refractivity contribution >= 4 is 35.4 Å². The maximum Gasteiger partial charge on any atom is 0.472 e. The van der Waals surface area contributed by atoms with Gasteiger partial charge in [-0.05, 0) is 51.4 Å². The molecule has 0 radical (unpaired) electrons. The number of carbonyl (C=O) groups is 2. The van der Waals surface area contributed by atoms with E-state index in [-0.39, 0.29) is 19.0 Å². The highest BCUT2D eigenvalue weighted by Crippen LogP contribution is 2.51. The molecule has 1 saturated carbocycles. The standard InChI is InChI=1S/C47H85O19P3.H3N/c1-3-5-7-9-11-13-15-17-19-20-22-24-26-28-30-32-34-36-41(49)63-39(37-61-40(48)35-33-31-29-27-25-23-21-18-16-14-12-10-8-6-4-2)38-62-69(59,60)66-45-42(50)43(51)46(64-67(53,54)55)47(44(45)52)65-68(56,57)58;/h11,13,17,19,22,24,28,30,39,42-47,50-52H,3-10,12,14-16,18,20-21,23,25-27,29,31-38H2,1-2H3,(H,59,60)(H2,53,54,55)(H2,56,57,58);1H3/b13-11+,19-17+,24-22+,30-28+;. The lowest BCUT2D eigenvalue weighted by atomic mass is 9.85. The average Bonchev–Trinajstić information content (AvgIpc) is 3.28. The van der Waals surface area contributed by atoms with Gasteiger partial charge in [-0.3, -0.25) is 27.7 Å². The van der Waals surface area contributed by atoms with Crippen molar-refractivity contribution in [3.8, 4) is 0 Å². The van der Waals surface area contributed by atoms with Gasteiger partial charge in [0.05, 0.1) is 6.61 Å². The maximum atomic E-state index is 13.1. The molecule has 70 heavy (non-hydrogen) atoms. The van der Waals surface area contributed by atoms with E-state index in [0.717, 1.165) is 44.9 Å². The Bertz CT molecular complexity index is 1640. The van der Waals surface area contributed by atoms with Crippen LogP contribution in [0.4, 0.5) is 0 Å². The Morgan fingerprint density at radius 1 is 0.471 bits per heavy atom. The molecule has 0 bridgehead atoms. The van der Waals surface area contributed by atoms with Crippen LogP contribution in [0.25, 0.3) is 0 Å². The molecule has 1 rings (SSSR count). The molecule has 11 N–H and O–H groups in total. The number of hydrogen-bond acceptors (Lipinski definition) is 15. The fraction of sp³-hybridized carbons (Fsp3) is 0.787. The quantitative estimate of drug-likeness (QED) is 0.0119. The van der Waals surface area contributed by atoms with Gasteiger partial charge in [-0.15, -0.1) is 0 Å². The van der Waals surface area contributed by atoms with Gasteiger partial charge in [-0.25, -0.2) is 13.7 Å². The summed E-state index contributed by atoms with van der Waals surface area (Å²) in [6.45, 7) is 2.88. The zero-order valence-electron chi connectivity index (χ0n) is 41.6. The van der Waals surface area contributed by atoms with Gasteiger partial charge in [-0.2, -0.15) is 0 Å². The first-order valence-corrected chi connectivity index (χ1v) is 29.5. The Labute approximate surface area is 416 Å². The van der Waals surface area contributed by atoms with Crippen molar-refractivity contribution in [1.82, 2.24) is 6.15 Å². The number of hydrogen-bond donors (Lipinski definition) is 9. The van der Waals surface area contributed by atoms with Crippen molar-refractivity contribution in [2.45, 2.75) is 224 Å². The minimum absolute atomic E-state index is 0. The van der Waals surface area contributed by atoms with E-state index in [2.05, 4.69) is 53.3 Å². The van der Waals surface area contributed by atoms with Crippen molar-refractivity contribution in [2.75, 3.05) is 13.2 Å². The van der Waals surface area contributed by atoms with Gasteiger partial charge in [0.25, 0.3) is 0 Å². The topological polar surface area (TPSA) is 338 Å². The SMILES string of the molecule is CCCCC/C=C/C/C=C/C/C=C/C/C=C/CCCC(=O)OC(COC(=O)CCCCCCCCCCCCCCCCC)COP(=O)(O)OC1C(O)C(O)C(OP(=O)(O)O)C(OP(=O)(O)O)C1O.N. The summed E-state index contributed by atoms with van der Waals surface area (Å²) < 4.78 is 65.5. The molecule has 0 aliphatic heterocycles. The minimum Gasteiger partial charge on any atom is -0.462 e. The molecular formula is C47H88NO19P3. The molecule has 23 heteroatoms. The number of phosphoric acid groups is 3. The molecule has 1 aliphatic carbocycles. The molecule has 20 nitrogen and oxygen atoms in total. The molecule has 410 valence electrons. The lowest BCUT2D eigenvalue weighted by Gasteiger charge is -2.44. The molecule has 0 heterocycles. The van der Waals surface area contributed by atoms with Crippen molar-refractivity contribution in [2.24, 2.45) is 0 Å². The van der Waals surface area contributed by atoms with Crippen LogP contribution in [-0.2, 0) is 50.9 Å². The fourth-order valence-corrected chi connectivity index (χ4v) is 9.50. The Morgan fingerprint density at radius 3 is 1.33 bits per heavy atom. The number of aliphatic hydroxyl groups excluding tert-OH is 3. The van der Waals surface area contributed by atoms with Gasteiger partial charge in [-0.1, -0.05) is 165 Å². The van der Waals surface area contributed by atoms with Crippen LogP contribution in [0.3, 0.4) is 0 Å². The van der Waals surface area contributed by atoms with E-state index < -0.39 is 91.3 Å². The van der Waals surface area contributed by atoms with Crippen LogP contribution in [-0.4, -0.2) is 108 Å². The third-order valence-electron chi connectivity index (χ3n) is 11.1. The summed E-state index contributed by atoms with van der Waals surface area (Å²) in [6.07, 6.45) is 25.6. The van der Waals surface area contributed by atoms with Crippen LogP contribution in [0, 0.1) is 0 Å². The molecule has 0 spiro atoms. The van der Waals surface area contributed by atoms with E-state index >= 15 is 0 Å². The maximum absolute atomic E-state index is 13.1. The summed E-state index contributed by atoms with van der Waals surface area (Å²) in [6, 6.07) is 0. The summed E-state index contributed by atoms with van der Waals surface area (Å²) in [5, 5.41) is 31.9. The Morgan fingerprint density at radius 2 is 0.857 bits per heavy atom. The molecular weight excluding hydrogens is 975 g/mol. The zero-order valence-corrected chi connectivity index (χ0v) is 44.3. The first kappa shape index (κ1) is 68.1. The molecule has 0 amide bonds. The van der Waals surface area contributed by atoms with E-state index in [0.29, 0.717) is 25.7 Å². The summed E-state index contributed by atoms with van der Waals surface area (Å²) >= 11 is 0. The normalized spacial score (nSPS) is 21.4. The largest absolute Gasteiger partial charge is 0.472 e. The van der Waals surface area contributed by atoms with Crippen LogP contribution in [0.15, 0.2) is 48.6 Å². The second-order valence-corrected chi connectivity index (χ2v) is 21.2. The van der Waals surface area contributed by atoms with Crippen LogP contribution < -0.4 is 6.15 Å². The predicted octanol–water partition coefficient (Wildman–Crippen LogP) is 9.56. The second kappa shape index (κ2) is 40.5. The molecule has 8 unspecified atom stereocenters. The van der Waals surface area contributed by atoms with Gasteiger partial charge in [0.2, 0.25) is 0 Å². The minimum atomic E-state index is -5.61. The molecule has 0 aromatic carbocycles. The Balaban J connectivity index is 0.0000476. The molecule has 1 fully saturated rings. The Kier molecular flexibility index (Phi) is 39.3. The van der Waals surface area contributed by atoms with Crippen LogP contribution in [0.1, 0.15) is 181 Å². The van der Waals surface area contributed by atoms with Crippen molar-refractivity contribution in [1.29, 1.82) is 0 Å². The van der Waals surface area contributed by atoms with E-state index in [4.69, 9.17) is 18.5 Å². The molecule has 0 aromatic heterocycles. The van der Waals surface area contributed by atoms with Crippen molar-refractivity contribution < 1.29 is 90.6 Å². The van der Waals surface area contributed by atoms with E-state index in [1.807, 2.05) is 18.2 Å². The first-order valence-electron chi connectivity index (χ1n) is 24.9. The Hall–Kier alpha value is -1.93. The summed E-state index contributed by atoms with van der Waals surface area (Å²) in [5.41, 5.74) is 0. The number of ether oxygens (including phenoxy) is 2. The zero-order chi connectivity index (χ0) is 51.4. The third kappa shape index (κ3) is 36.1. The number of rotatable bonds is 42. The highest BCUT2D eigenvalue weighted by Gasteiger charge is 2.56. The number of allylic oxidation sites excluding steroid dienone is 8. The summed E-state index contributed by atoms with van der Waals surface area (Å²) in [7, 11) is -16.6. The van der Waals surface area contributed by atoms with Crippen molar-refractivity contribution in [3.05, 3.63) is 48.6 Å². The van der Waals surface area contributed by atoms with Crippen LogP contribution in [0.2, 0.25) is 0 Å². The smallest absolute Gasteiger partial charge is 0.462 e. The highest BCUT2D eigenvalue weighted by molar-refractivity contribution is 7.47. The number of aliphatic hydroxyl groups is 3. The van der Waals surface area contributed by atoms with Gasteiger partial charge in [0.1, 0.15) is 43.2 Å². The molecule has 1 aliphatic rings. The second-order valence-electron chi connectivity index (χ2n) is 17.4. The van der Waals surface area contributed by atoms with Gasteiger partial charge in [0.15, 0.2) is 6.10 Å². The van der Waals surface area contributed by atoms with Gasteiger partial charge in [0, 0.05) is 12.8 Å². The number of esters is 2. The van der Waals surface area contributed by atoms with Gasteiger partial charge < -0.3 is 55.4 Å². The summed E-state index contributed by atoms with van der Waals surface area (Å²) in [4.78, 5) is 73.3. The van der Waals surface area contributed by atoms with E-state index in [1.54, 1.807) is 0 Å². The fourth-order valence-electron chi connectivity index (χ4n) is 7.40. The average molecular weight is 1060 g/mol. The number of unbranched alkanes of at least 4 members (excludes halogenated alkanes) is 18. The van der Waals surface area contributed by atoms with Crippen molar-refractivity contribution in [3.63, 3.8) is 0 Å². The van der Waals surface area contributed by atoms with Gasteiger partial charge >= 0.3 is 35.4 Å². The number of carbonyl (C=O) groups excluding carboxylic acids is 2. The monoisotopic (exact) mass is 1060 g/mol. The molecule has 0 saturated heterocycles. The highest BCUT2D eigenvalue weighted by atomic mass is 31.2. The van der Waals surface area contributed by atoms with Crippen LogP contribution in [0.5, 0.6) is 0 Å². The first-order chi connectivity index (χ1) is 32.8. The van der Waals surface area contributed by atoms with E-state index in [1.165, 1.54) is 83.5 Å². The number of phosphoric ester groups is 3. The predicted molar refractivity (Wildman–Crippen MR) is 266 cm³/mol. The molecule has 0 aromatic rings. The lowest BCUT2D eigenvalue weighted by Crippen LogP contribution is -2.65. The lowest BCUT2D eigenvalue weighted by molar-refractivity contribution is -0.213. The molecule has 8 atom stereocenters. The third-order valence-corrected chi connectivity index (χ3v) is 13.2. The van der Waals surface area contributed by atoms with Crippen LogP contribution >= 0.6 is 23.5 Å².